The first-order valence-corrected chi connectivity index (χ1v) is 12.9. The molecule has 1 saturated heterocycles. The Labute approximate surface area is 202 Å². The normalized spacial score (nSPS) is 21.2. The number of halogens is 4. The highest BCUT2D eigenvalue weighted by Crippen LogP contribution is 2.49. The standard InChI is InChI=1S/C22H21F4N5O4S/c1-36(33,34)15-7-10(14-3-2-6-35-14)4-5-12(15)27-13-8-16(29-21(32)11-9-22(11,25)26)28-19-17(13)30-20(31-19)18(23)24/h4-5,7-8,11,14,18H,2-3,6,9H2,1H3,(H3,27,28,29,30,31,32). The van der Waals surface area contributed by atoms with Gasteiger partial charge in [0, 0.05) is 25.3 Å². The Kier molecular flexibility index (Phi) is 5.90. The van der Waals surface area contributed by atoms with Crippen molar-refractivity contribution in [2.45, 2.75) is 42.6 Å². The van der Waals surface area contributed by atoms with Crippen LogP contribution in [0.4, 0.5) is 34.8 Å². The second-order valence-electron chi connectivity index (χ2n) is 8.84. The number of pyridine rings is 1. The molecule has 9 nitrogen and oxygen atoms in total. The Morgan fingerprint density at radius 2 is 1.97 bits per heavy atom. The lowest BCUT2D eigenvalue weighted by molar-refractivity contribution is -0.119. The number of imidazole rings is 1. The van der Waals surface area contributed by atoms with Gasteiger partial charge in [0.1, 0.15) is 17.3 Å². The summed E-state index contributed by atoms with van der Waals surface area (Å²) in [6.45, 7) is 0.571. The van der Waals surface area contributed by atoms with Gasteiger partial charge in [-0.25, -0.2) is 35.9 Å². The van der Waals surface area contributed by atoms with E-state index in [1.165, 1.54) is 18.2 Å². The number of nitrogens with zero attached hydrogens (tertiary/aromatic N) is 2. The van der Waals surface area contributed by atoms with E-state index in [0.29, 0.717) is 12.2 Å². The van der Waals surface area contributed by atoms with E-state index in [0.717, 1.165) is 19.1 Å². The zero-order valence-corrected chi connectivity index (χ0v) is 19.6. The SMILES string of the molecule is CS(=O)(=O)c1cc(C2CCCO2)ccc1Nc1cc(NC(=O)C2CC2(F)F)nc2nc(C(F)F)[nH]c12. The van der Waals surface area contributed by atoms with E-state index in [-0.39, 0.29) is 39.4 Å². The minimum atomic E-state index is -3.74. The highest BCUT2D eigenvalue weighted by atomic mass is 32.2. The van der Waals surface area contributed by atoms with Gasteiger partial charge in [-0.1, -0.05) is 6.07 Å². The lowest BCUT2D eigenvalue weighted by Gasteiger charge is -2.16. The van der Waals surface area contributed by atoms with E-state index in [4.69, 9.17) is 4.74 Å². The second kappa shape index (κ2) is 8.69. The number of carbonyl (C=O) groups excluding carboxylic acids is 1. The third kappa shape index (κ3) is 4.74. The first-order chi connectivity index (χ1) is 16.9. The summed E-state index contributed by atoms with van der Waals surface area (Å²) in [5.74, 6) is -6.50. The molecule has 3 heterocycles. The average Bonchev–Trinajstić information content (AvgIpc) is 3.19. The molecule has 2 fully saturated rings. The molecule has 2 aromatic heterocycles. The average molecular weight is 528 g/mol. The minimum absolute atomic E-state index is 0.0164. The van der Waals surface area contributed by atoms with Crippen LogP contribution in [0.15, 0.2) is 29.2 Å². The summed E-state index contributed by atoms with van der Waals surface area (Å²) in [4.78, 5) is 22.3. The number of carbonyl (C=O) groups is 1. The Bertz CT molecular complexity index is 1450. The van der Waals surface area contributed by atoms with Crippen LogP contribution in [0.25, 0.3) is 11.2 Å². The molecule has 1 saturated carbocycles. The van der Waals surface area contributed by atoms with Crippen LogP contribution in [-0.2, 0) is 19.4 Å². The predicted octanol–water partition coefficient (Wildman–Crippen LogP) is 4.49. The number of hydrogen-bond acceptors (Lipinski definition) is 7. The quantitative estimate of drug-likeness (QED) is 0.387. The number of amides is 1. The van der Waals surface area contributed by atoms with Crippen molar-refractivity contribution in [2.75, 3.05) is 23.5 Å². The van der Waals surface area contributed by atoms with Crippen molar-refractivity contribution in [1.29, 1.82) is 0 Å². The molecule has 36 heavy (non-hydrogen) atoms. The lowest BCUT2D eigenvalue weighted by Crippen LogP contribution is -2.18. The van der Waals surface area contributed by atoms with Gasteiger partial charge in [-0.3, -0.25) is 4.79 Å². The molecule has 192 valence electrons. The topological polar surface area (TPSA) is 126 Å². The van der Waals surface area contributed by atoms with Crippen LogP contribution in [0, 0.1) is 5.92 Å². The third-order valence-corrected chi connectivity index (χ3v) is 7.19. The van der Waals surface area contributed by atoms with Crippen LogP contribution in [0.5, 0.6) is 0 Å². The van der Waals surface area contributed by atoms with E-state index in [9.17, 15) is 30.8 Å². The number of aromatic amines is 1. The summed E-state index contributed by atoms with van der Waals surface area (Å²) in [5, 5.41) is 5.15. The Morgan fingerprint density at radius 3 is 2.58 bits per heavy atom. The zero-order valence-electron chi connectivity index (χ0n) is 18.8. The molecule has 0 radical (unpaired) electrons. The number of alkyl halides is 4. The maximum absolute atomic E-state index is 13.3. The van der Waals surface area contributed by atoms with Crippen LogP contribution >= 0.6 is 0 Å². The second-order valence-corrected chi connectivity index (χ2v) is 10.8. The summed E-state index contributed by atoms with van der Waals surface area (Å²) in [6.07, 6.45) is -1.18. The number of sulfone groups is 1. The van der Waals surface area contributed by atoms with Crippen LogP contribution in [-0.4, -0.2) is 48.1 Å². The molecule has 5 rings (SSSR count). The third-order valence-electron chi connectivity index (χ3n) is 6.06. The van der Waals surface area contributed by atoms with Crippen LogP contribution in [0.2, 0.25) is 0 Å². The zero-order chi connectivity index (χ0) is 25.8. The van der Waals surface area contributed by atoms with Crippen molar-refractivity contribution in [1.82, 2.24) is 15.0 Å². The molecule has 3 aromatic rings. The van der Waals surface area contributed by atoms with Gasteiger partial charge in [0.2, 0.25) is 5.91 Å². The van der Waals surface area contributed by atoms with E-state index >= 15 is 0 Å². The number of hydrogen-bond donors (Lipinski definition) is 3. The van der Waals surface area contributed by atoms with Crippen molar-refractivity contribution in [3.8, 4) is 0 Å². The van der Waals surface area contributed by atoms with Gasteiger partial charge in [0.05, 0.1) is 22.4 Å². The largest absolute Gasteiger partial charge is 0.374 e. The van der Waals surface area contributed by atoms with E-state index in [1.807, 2.05) is 0 Å². The van der Waals surface area contributed by atoms with Gasteiger partial charge in [0.15, 0.2) is 21.3 Å². The molecule has 2 unspecified atom stereocenters. The molecular weight excluding hydrogens is 506 g/mol. The Balaban J connectivity index is 1.55. The number of benzene rings is 1. The molecule has 0 spiro atoms. The van der Waals surface area contributed by atoms with Crippen molar-refractivity contribution in [2.24, 2.45) is 5.92 Å². The molecule has 1 aromatic carbocycles. The van der Waals surface area contributed by atoms with Crippen molar-refractivity contribution in [3.05, 3.63) is 35.7 Å². The van der Waals surface area contributed by atoms with Gasteiger partial charge in [-0.2, -0.15) is 0 Å². The number of rotatable bonds is 7. The van der Waals surface area contributed by atoms with E-state index < -0.39 is 46.3 Å². The smallest absolute Gasteiger partial charge is 0.295 e. The fourth-order valence-corrected chi connectivity index (χ4v) is 4.99. The summed E-state index contributed by atoms with van der Waals surface area (Å²) in [7, 11) is -3.74. The maximum Gasteiger partial charge on any atom is 0.295 e. The fraction of sp³-hybridized carbons (Fsp3) is 0.409. The number of anilines is 3. The number of nitrogens with one attached hydrogen (secondary N) is 3. The summed E-state index contributed by atoms with van der Waals surface area (Å²) < 4.78 is 84.0. The number of fused-ring (bicyclic) bond motifs is 1. The van der Waals surface area contributed by atoms with Crippen molar-refractivity contribution in [3.63, 3.8) is 0 Å². The van der Waals surface area contributed by atoms with Gasteiger partial charge < -0.3 is 20.4 Å². The molecule has 1 aliphatic carbocycles. The first-order valence-electron chi connectivity index (χ1n) is 11.0. The van der Waals surface area contributed by atoms with Crippen molar-refractivity contribution < 1.29 is 35.5 Å². The number of H-pyrrole nitrogens is 1. The lowest BCUT2D eigenvalue weighted by atomic mass is 10.1. The summed E-state index contributed by atoms with van der Waals surface area (Å²) in [5.41, 5.74) is 0.670. The molecule has 3 N–H and O–H groups in total. The summed E-state index contributed by atoms with van der Waals surface area (Å²) in [6, 6.07) is 5.93. The van der Waals surface area contributed by atoms with Gasteiger partial charge in [0.25, 0.3) is 12.3 Å². The maximum atomic E-state index is 13.3. The Hall–Kier alpha value is -3.26. The van der Waals surface area contributed by atoms with Crippen LogP contribution in [0.1, 0.15) is 43.2 Å². The first kappa shape index (κ1) is 24.4. The predicted molar refractivity (Wildman–Crippen MR) is 121 cm³/mol. The highest BCUT2D eigenvalue weighted by Gasteiger charge is 2.61. The molecule has 2 atom stereocenters. The summed E-state index contributed by atoms with van der Waals surface area (Å²) >= 11 is 0. The van der Waals surface area contributed by atoms with E-state index in [1.54, 1.807) is 6.07 Å². The van der Waals surface area contributed by atoms with Gasteiger partial charge in [-0.15, -0.1) is 0 Å². The molecule has 1 aliphatic heterocycles. The van der Waals surface area contributed by atoms with E-state index in [2.05, 4.69) is 25.6 Å². The number of ether oxygens (including phenoxy) is 1. The molecule has 2 aliphatic rings. The molecule has 1 amide bonds. The van der Waals surface area contributed by atoms with Crippen LogP contribution < -0.4 is 10.6 Å². The van der Waals surface area contributed by atoms with Crippen LogP contribution in [0.3, 0.4) is 0 Å². The monoisotopic (exact) mass is 527 g/mol. The Morgan fingerprint density at radius 1 is 1.22 bits per heavy atom. The molecule has 14 heteroatoms. The minimum Gasteiger partial charge on any atom is -0.374 e. The van der Waals surface area contributed by atoms with Gasteiger partial charge in [-0.05, 0) is 30.5 Å². The molecule has 0 bridgehead atoms. The highest BCUT2D eigenvalue weighted by molar-refractivity contribution is 7.90. The van der Waals surface area contributed by atoms with Crippen molar-refractivity contribution >= 4 is 44.1 Å². The molecular formula is C22H21F4N5O4S. The van der Waals surface area contributed by atoms with Gasteiger partial charge >= 0.3 is 0 Å². The number of aromatic nitrogens is 3. The fourth-order valence-electron chi connectivity index (χ4n) is 4.12.